The van der Waals surface area contributed by atoms with Gasteiger partial charge in [-0.2, -0.15) is 0 Å². The number of carbonyl (C=O) groups excluding carboxylic acids is 1. The zero-order valence-electron chi connectivity index (χ0n) is 9.03. The van der Waals surface area contributed by atoms with E-state index in [0.717, 1.165) is 5.69 Å². The van der Waals surface area contributed by atoms with Gasteiger partial charge in [0, 0.05) is 24.7 Å². The van der Waals surface area contributed by atoms with Crippen LogP contribution in [0.2, 0.25) is 0 Å². The third-order valence-electron chi connectivity index (χ3n) is 2.01. The molecule has 5 heteroatoms. The zero-order chi connectivity index (χ0) is 11.3. The summed E-state index contributed by atoms with van der Waals surface area (Å²) in [6, 6.07) is 1.83. The molecular formula is C10H16N4O. The number of carbonyl (C=O) groups is 1. The average Bonchev–Trinajstić information content (AvgIpc) is 2.15. The number of rotatable bonds is 5. The van der Waals surface area contributed by atoms with Gasteiger partial charge in [0.1, 0.15) is 6.33 Å². The first kappa shape index (κ1) is 11.6. The van der Waals surface area contributed by atoms with Crippen LogP contribution in [0.5, 0.6) is 0 Å². The van der Waals surface area contributed by atoms with Gasteiger partial charge in [-0.25, -0.2) is 9.97 Å². The second-order valence-electron chi connectivity index (χ2n) is 4.08. The second-order valence-corrected chi connectivity index (χ2v) is 4.08. The summed E-state index contributed by atoms with van der Waals surface area (Å²) in [6.45, 7) is 4.46. The molecule has 1 heterocycles. The maximum atomic E-state index is 10.8. The number of primary amides is 1. The summed E-state index contributed by atoms with van der Waals surface area (Å²) < 4.78 is 0. The zero-order valence-corrected chi connectivity index (χ0v) is 9.03. The van der Waals surface area contributed by atoms with Gasteiger partial charge >= 0.3 is 0 Å². The molecule has 0 aromatic carbocycles. The van der Waals surface area contributed by atoms with Crippen LogP contribution in [0.1, 0.15) is 26.0 Å². The van der Waals surface area contributed by atoms with E-state index < -0.39 is 0 Å². The Balaban J connectivity index is 2.46. The quantitative estimate of drug-likeness (QED) is 0.725. The fourth-order valence-corrected chi connectivity index (χ4v) is 1.25. The van der Waals surface area contributed by atoms with Gasteiger partial charge in [0.05, 0.1) is 5.69 Å². The summed E-state index contributed by atoms with van der Waals surface area (Å²) in [5.41, 5.74) is 5.73. The molecule has 0 bridgehead atoms. The highest BCUT2D eigenvalue weighted by Crippen LogP contribution is 2.08. The fraction of sp³-hybridized carbons (Fsp3) is 0.500. The minimum Gasteiger partial charge on any atom is -0.370 e. The summed E-state index contributed by atoms with van der Waals surface area (Å²) in [4.78, 5) is 18.7. The minimum atomic E-state index is -0.310. The van der Waals surface area contributed by atoms with Crippen molar-refractivity contribution in [3.8, 4) is 0 Å². The standard InChI is InChI=1S/C10H16N4O/c1-10(2,5-9(11)15)14-6-8-3-4-12-7-13-8/h3-4,7,14H,5-6H2,1-2H3,(H2,11,15). The molecule has 82 valence electrons. The molecule has 0 spiro atoms. The van der Waals surface area contributed by atoms with Gasteiger partial charge < -0.3 is 11.1 Å². The van der Waals surface area contributed by atoms with Crippen molar-refractivity contribution in [2.45, 2.75) is 32.4 Å². The molecule has 1 aromatic rings. The van der Waals surface area contributed by atoms with Crippen LogP contribution in [0.3, 0.4) is 0 Å². The number of amides is 1. The van der Waals surface area contributed by atoms with Crippen LogP contribution in [0.4, 0.5) is 0 Å². The van der Waals surface area contributed by atoms with Gasteiger partial charge in [-0.15, -0.1) is 0 Å². The van der Waals surface area contributed by atoms with Gasteiger partial charge in [-0.1, -0.05) is 0 Å². The van der Waals surface area contributed by atoms with Gasteiger partial charge in [0.2, 0.25) is 5.91 Å². The summed E-state index contributed by atoms with van der Waals surface area (Å²) in [7, 11) is 0. The Morgan fingerprint density at radius 1 is 1.60 bits per heavy atom. The van der Waals surface area contributed by atoms with Gasteiger partial charge in [-0.05, 0) is 19.9 Å². The van der Waals surface area contributed by atoms with Crippen LogP contribution >= 0.6 is 0 Å². The third-order valence-corrected chi connectivity index (χ3v) is 2.01. The van der Waals surface area contributed by atoms with Crippen molar-refractivity contribution in [2.24, 2.45) is 5.73 Å². The molecule has 0 atom stereocenters. The molecule has 5 nitrogen and oxygen atoms in total. The van der Waals surface area contributed by atoms with Crippen LogP contribution in [0.15, 0.2) is 18.6 Å². The second kappa shape index (κ2) is 4.84. The molecule has 0 radical (unpaired) electrons. The van der Waals surface area contributed by atoms with Crippen LogP contribution in [-0.2, 0) is 11.3 Å². The lowest BCUT2D eigenvalue weighted by atomic mass is 10.0. The Morgan fingerprint density at radius 2 is 2.33 bits per heavy atom. The summed E-state index contributed by atoms with van der Waals surface area (Å²) in [6.07, 6.45) is 3.49. The average molecular weight is 208 g/mol. The Labute approximate surface area is 89.1 Å². The maximum Gasteiger partial charge on any atom is 0.219 e. The van der Waals surface area contributed by atoms with Crippen molar-refractivity contribution >= 4 is 5.91 Å². The van der Waals surface area contributed by atoms with E-state index in [2.05, 4.69) is 15.3 Å². The lowest BCUT2D eigenvalue weighted by molar-refractivity contribution is -0.119. The minimum absolute atomic E-state index is 0.304. The van der Waals surface area contributed by atoms with Crippen molar-refractivity contribution in [1.29, 1.82) is 0 Å². The van der Waals surface area contributed by atoms with Crippen molar-refractivity contribution in [3.05, 3.63) is 24.3 Å². The molecule has 0 aliphatic heterocycles. The Bertz CT molecular complexity index is 323. The van der Waals surface area contributed by atoms with Crippen LogP contribution in [0, 0.1) is 0 Å². The third kappa shape index (κ3) is 4.51. The highest BCUT2D eigenvalue weighted by molar-refractivity contribution is 5.74. The highest BCUT2D eigenvalue weighted by atomic mass is 16.1. The van der Waals surface area contributed by atoms with E-state index in [-0.39, 0.29) is 11.4 Å². The number of nitrogens with one attached hydrogen (secondary N) is 1. The normalized spacial score (nSPS) is 11.3. The van der Waals surface area contributed by atoms with E-state index >= 15 is 0 Å². The summed E-state index contributed by atoms with van der Waals surface area (Å²) in [5, 5.41) is 3.22. The topological polar surface area (TPSA) is 80.9 Å². The largest absolute Gasteiger partial charge is 0.370 e. The molecule has 0 saturated carbocycles. The van der Waals surface area contributed by atoms with Crippen molar-refractivity contribution in [1.82, 2.24) is 15.3 Å². The number of nitrogens with zero attached hydrogens (tertiary/aromatic N) is 2. The molecule has 0 unspecified atom stereocenters. The molecule has 1 rings (SSSR count). The molecule has 3 N–H and O–H groups in total. The predicted molar refractivity (Wildman–Crippen MR) is 56.8 cm³/mol. The summed E-state index contributed by atoms with van der Waals surface area (Å²) in [5.74, 6) is -0.310. The van der Waals surface area contributed by atoms with E-state index in [0.29, 0.717) is 13.0 Å². The van der Waals surface area contributed by atoms with Gasteiger partial charge in [0.15, 0.2) is 0 Å². The smallest absolute Gasteiger partial charge is 0.219 e. The number of hydrogen-bond acceptors (Lipinski definition) is 4. The maximum absolute atomic E-state index is 10.8. The molecule has 15 heavy (non-hydrogen) atoms. The first-order valence-electron chi connectivity index (χ1n) is 4.78. The van der Waals surface area contributed by atoms with Crippen LogP contribution in [0.25, 0.3) is 0 Å². The SMILES string of the molecule is CC(C)(CC(N)=O)NCc1ccncn1. The summed E-state index contributed by atoms with van der Waals surface area (Å²) >= 11 is 0. The van der Waals surface area contributed by atoms with Crippen molar-refractivity contribution in [2.75, 3.05) is 0 Å². The lowest BCUT2D eigenvalue weighted by Gasteiger charge is -2.24. The Morgan fingerprint density at radius 3 is 2.87 bits per heavy atom. The Kier molecular flexibility index (Phi) is 3.74. The van der Waals surface area contributed by atoms with Crippen molar-refractivity contribution in [3.63, 3.8) is 0 Å². The number of aromatic nitrogens is 2. The molecule has 0 aliphatic carbocycles. The first-order valence-corrected chi connectivity index (χ1v) is 4.78. The molecule has 0 saturated heterocycles. The Hall–Kier alpha value is -1.49. The van der Waals surface area contributed by atoms with Crippen molar-refractivity contribution < 1.29 is 4.79 Å². The first-order chi connectivity index (χ1) is 6.99. The molecular weight excluding hydrogens is 192 g/mol. The molecule has 1 aromatic heterocycles. The van der Waals surface area contributed by atoms with Crippen LogP contribution < -0.4 is 11.1 Å². The molecule has 0 fully saturated rings. The van der Waals surface area contributed by atoms with Gasteiger partial charge in [-0.3, -0.25) is 4.79 Å². The van der Waals surface area contributed by atoms with E-state index in [4.69, 9.17) is 5.73 Å². The molecule has 0 aliphatic rings. The number of hydrogen-bond donors (Lipinski definition) is 2. The van der Waals surface area contributed by atoms with Crippen LogP contribution in [-0.4, -0.2) is 21.4 Å². The fourth-order valence-electron chi connectivity index (χ4n) is 1.25. The van der Waals surface area contributed by atoms with Gasteiger partial charge in [0.25, 0.3) is 0 Å². The monoisotopic (exact) mass is 208 g/mol. The molecule has 1 amide bonds. The lowest BCUT2D eigenvalue weighted by Crippen LogP contribution is -2.42. The van der Waals surface area contributed by atoms with E-state index in [1.54, 1.807) is 6.20 Å². The number of nitrogens with two attached hydrogens (primary N) is 1. The van der Waals surface area contributed by atoms with E-state index in [9.17, 15) is 4.79 Å². The van der Waals surface area contributed by atoms with E-state index in [1.165, 1.54) is 6.33 Å². The highest BCUT2D eigenvalue weighted by Gasteiger charge is 2.19. The van der Waals surface area contributed by atoms with E-state index in [1.807, 2.05) is 19.9 Å². The predicted octanol–water partition coefficient (Wildman–Crippen LogP) is 0.220.